The molecule has 17 heavy (non-hydrogen) atoms. The number of nitrogens with zero attached hydrogens (tertiary/aromatic N) is 3. The van der Waals surface area contributed by atoms with Gasteiger partial charge in [-0.15, -0.1) is 0 Å². The van der Waals surface area contributed by atoms with Gasteiger partial charge in [-0.3, -0.25) is 0 Å². The van der Waals surface area contributed by atoms with Crippen molar-refractivity contribution < 1.29 is 4.79 Å². The second-order valence-electron chi connectivity index (χ2n) is 5.35. The van der Waals surface area contributed by atoms with Crippen LogP contribution in [0.25, 0.3) is 0 Å². The number of aromatic nitrogens is 2. The topological polar surface area (TPSA) is 58.1 Å². The minimum atomic E-state index is -0.204. The van der Waals surface area contributed by atoms with Gasteiger partial charge in [0.25, 0.3) is 0 Å². The molecule has 5 nitrogen and oxygen atoms in total. The van der Waals surface area contributed by atoms with E-state index in [2.05, 4.69) is 15.3 Å². The Labute approximate surface area is 101 Å². The summed E-state index contributed by atoms with van der Waals surface area (Å²) in [5.74, 6) is 0. The fourth-order valence-electron chi connectivity index (χ4n) is 1.84. The van der Waals surface area contributed by atoms with Crippen LogP contribution in [0.1, 0.15) is 32.0 Å². The van der Waals surface area contributed by atoms with Crippen molar-refractivity contribution >= 4 is 6.03 Å². The molecule has 2 amide bonds. The first-order chi connectivity index (χ1) is 7.96. The summed E-state index contributed by atoms with van der Waals surface area (Å²) in [5.41, 5.74) is 1.90. The highest BCUT2D eigenvalue weighted by Gasteiger charge is 2.24. The lowest BCUT2D eigenvalue weighted by Gasteiger charge is -2.31. The van der Waals surface area contributed by atoms with Gasteiger partial charge in [-0.1, -0.05) is 0 Å². The smallest absolute Gasteiger partial charge is 0.318 e. The van der Waals surface area contributed by atoms with E-state index in [0.717, 1.165) is 17.7 Å². The third kappa shape index (κ3) is 2.93. The number of hydrogen-bond acceptors (Lipinski definition) is 3. The molecule has 2 rings (SSSR count). The molecule has 0 aliphatic carbocycles. The van der Waals surface area contributed by atoms with Crippen molar-refractivity contribution in [1.82, 2.24) is 20.2 Å². The summed E-state index contributed by atoms with van der Waals surface area (Å²) in [5, 5.41) is 2.97. The summed E-state index contributed by atoms with van der Waals surface area (Å²) in [6.07, 6.45) is 4.15. The molecule has 0 bridgehead atoms. The van der Waals surface area contributed by atoms with E-state index in [4.69, 9.17) is 0 Å². The summed E-state index contributed by atoms with van der Waals surface area (Å²) < 4.78 is 0. The van der Waals surface area contributed by atoms with Gasteiger partial charge in [-0.25, -0.2) is 14.8 Å². The molecule has 0 unspecified atom stereocenters. The molecule has 0 saturated carbocycles. The van der Waals surface area contributed by atoms with Crippen LogP contribution in [0, 0.1) is 0 Å². The zero-order valence-corrected chi connectivity index (χ0v) is 10.5. The minimum Gasteiger partial charge on any atom is -0.333 e. The fraction of sp³-hybridized carbons (Fsp3) is 0.583. The Morgan fingerprint density at radius 2 is 2.24 bits per heavy atom. The SMILES string of the molecule is CC(C)(C)NC(=O)N1CCc2ncncc2C1. The highest BCUT2D eigenvalue weighted by molar-refractivity contribution is 5.75. The van der Waals surface area contributed by atoms with Crippen molar-refractivity contribution in [3.8, 4) is 0 Å². The van der Waals surface area contributed by atoms with Crippen molar-refractivity contribution in [1.29, 1.82) is 0 Å². The molecule has 0 fully saturated rings. The molecule has 5 heteroatoms. The van der Waals surface area contributed by atoms with Gasteiger partial charge in [-0.05, 0) is 20.8 Å². The largest absolute Gasteiger partial charge is 0.333 e. The first-order valence-corrected chi connectivity index (χ1v) is 5.80. The zero-order valence-electron chi connectivity index (χ0n) is 10.5. The molecule has 0 saturated heterocycles. The maximum absolute atomic E-state index is 12.0. The van der Waals surface area contributed by atoms with Gasteiger partial charge in [0.05, 0.1) is 12.2 Å². The molecule has 0 radical (unpaired) electrons. The molecule has 1 aliphatic heterocycles. The molecule has 0 atom stereocenters. The van der Waals surface area contributed by atoms with Crippen LogP contribution in [0.2, 0.25) is 0 Å². The van der Waals surface area contributed by atoms with E-state index < -0.39 is 0 Å². The fourth-order valence-corrected chi connectivity index (χ4v) is 1.84. The first-order valence-electron chi connectivity index (χ1n) is 5.80. The van der Waals surface area contributed by atoms with Gasteiger partial charge >= 0.3 is 6.03 Å². The molecular formula is C12H18N4O. The molecule has 1 aromatic heterocycles. The lowest BCUT2D eigenvalue weighted by molar-refractivity contribution is 0.182. The van der Waals surface area contributed by atoms with Gasteiger partial charge in [-0.2, -0.15) is 0 Å². The minimum absolute atomic E-state index is 0.0213. The number of carbonyl (C=O) groups is 1. The van der Waals surface area contributed by atoms with Crippen LogP contribution in [0.3, 0.4) is 0 Å². The second-order valence-corrected chi connectivity index (χ2v) is 5.35. The van der Waals surface area contributed by atoms with Crippen LogP contribution < -0.4 is 5.32 Å². The lowest BCUT2D eigenvalue weighted by Crippen LogP contribution is -2.49. The average molecular weight is 234 g/mol. The van der Waals surface area contributed by atoms with Gasteiger partial charge in [0.2, 0.25) is 0 Å². The average Bonchev–Trinajstić information content (AvgIpc) is 2.26. The van der Waals surface area contributed by atoms with Gasteiger partial charge in [0.1, 0.15) is 6.33 Å². The van der Waals surface area contributed by atoms with Crippen molar-refractivity contribution in [2.75, 3.05) is 6.54 Å². The van der Waals surface area contributed by atoms with Crippen LogP contribution in [0.5, 0.6) is 0 Å². The van der Waals surface area contributed by atoms with Crippen LogP contribution in [-0.2, 0) is 13.0 Å². The second kappa shape index (κ2) is 4.31. The third-order valence-electron chi connectivity index (χ3n) is 2.63. The highest BCUT2D eigenvalue weighted by Crippen LogP contribution is 2.15. The van der Waals surface area contributed by atoms with Crippen molar-refractivity contribution in [3.05, 3.63) is 23.8 Å². The standard InChI is InChI=1S/C12H18N4O/c1-12(2,3)15-11(17)16-5-4-10-9(7-16)6-13-8-14-10/h6,8H,4-5,7H2,1-3H3,(H,15,17). The number of nitrogens with one attached hydrogen (secondary N) is 1. The number of amides is 2. The maximum Gasteiger partial charge on any atom is 0.318 e. The van der Waals surface area contributed by atoms with E-state index in [9.17, 15) is 4.79 Å². The molecule has 1 aliphatic rings. The van der Waals surface area contributed by atoms with E-state index >= 15 is 0 Å². The van der Waals surface area contributed by atoms with Gasteiger partial charge in [0, 0.05) is 30.3 Å². The molecule has 1 aromatic rings. The van der Waals surface area contributed by atoms with Crippen molar-refractivity contribution in [2.45, 2.75) is 39.3 Å². The molecule has 2 heterocycles. The monoisotopic (exact) mass is 234 g/mol. The molecule has 1 N–H and O–H groups in total. The van der Waals surface area contributed by atoms with E-state index in [1.807, 2.05) is 20.8 Å². The quantitative estimate of drug-likeness (QED) is 0.737. The van der Waals surface area contributed by atoms with Crippen LogP contribution in [0.4, 0.5) is 4.79 Å². The molecule has 0 spiro atoms. The Balaban J connectivity index is 2.05. The Morgan fingerprint density at radius 3 is 2.94 bits per heavy atom. The maximum atomic E-state index is 12.0. The Hall–Kier alpha value is -1.65. The lowest BCUT2D eigenvalue weighted by atomic mass is 10.1. The van der Waals surface area contributed by atoms with Crippen molar-refractivity contribution in [3.63, 3.8) is 0 Å². The zero-order chi connectivity index (χ0) is 12.5. The van der Waals surface area contributed by atoms with Crippen LogP contribution in [-0.4, -0.2) is 33.0 Å². The Kier molecular flexibility index (Phi) is 3.00. The number of urea groups is 1. The predicted molar refractivity (Wildman–Crippen MR) is 64.4 cm³/mol. The number of carbonyl (C=O) groups excluding carboxylic acids is 1. The van der Waals surface area contributed by atoms with Crippen molar-refractivity contribution in [2.24, 2.45) is 0 Å². The predicted octanol–water partition coefficient (Wildman–Crippen LogP) is 1.34. The molecular weight excluding hydrogens is 216 g/mol. The number of hydrogen-bond donors (Lipinski definition) is 1. The summed E-state index contributed by atoms with van der Waals surface area (Å²) in [4.78, 5) is 22.0. The van der Waals surface area contributed by atoms with E-state index in [1.165, 1.54) is 0 Å². The van der Waals surface area contributed by atoms with Crippen LogP contribution >= 0.6 is 0 Å². The van der Waals surface area contributed by atoms with E-state index in [-0.39, 0.29) is 11.6 Å². The Bertz CT molecular complexity index is 425. The molecule has 92 valence electrons. The van der Waals surface area contributed by atoms with Crippen LogP contribution in [0.15, 0.2) is 12.5 Å². The van der Waals surface area contributed by atoms with E-state index in [0.29, 0.717) is 13.1 Å². The first kappa shape index (κ1) is 11.8. The molecule has 0 aromatic carbocycles. The third-order valence-corrected chi connectivity index (χ3v) is 2.63. The number of fused-ring (bicyclic) bond motifs is 1. The summed E-state index contributed by atoms with van der Waals surface area (Å²) >= 11 is 0. The van der Waals surface area contributed by atoms with Gasteiger partial charge < -0.3 is 10.2 Å². The van der Waals surface area contributed by atoms with Gasteiger partial charge in [0.15, 0.2) is 0 Å². The highest BCUT2D eigenvalue weighted by atomic mass is 16.2. The normalized spacial score (nSPS) is 15.4. The summed E-state index contributed by atoms with van der Waals surface area (Å²) in [7, 11) is 0. The number of rotatable bonds is 0. The van der Waals surface area contributed by atoms with E-state index in [1.54, 1.807) is 17.4 Å². The summed E-state index contributed by atoms with van der Waals surface area (Å²) in [6, 6.07) is -0.0213. The summed E-state index contributed by atoms with van der Waals surface area (Å²) in [6.45, 7) is 7.24. The Morgan fingerprint density at radius 1 is 1.47 bits per heavy atom.